The summed E-state index contributed by atoms with van der Waals surface area (Å²) in [5.74, 6) is 0.644. The van der Waals surface area contributed by atoms with E-state index in [4.69, 9.17) is 10.5 Å². The summed E-state index contributed by atoms with van der Waals surface area (Å²) in [5.41, 5.74) is 7.68. The van der Waals surface area contributed by atoms with Gasteiger partial charge in [-0.2, -0.15) is 14.6 Å². The summed E-state index contributed by atoms with van der Waals surface area (Å²) in [4.78, 5) is 14.7. The van der Waals surface area contributed by atoms with E-state index >= 15 is 0 Å². The van der Waals surface area contributed by atoms with Crippen molar-refractivity contribution in [3.63, 3.8) is 0 Å². The van der Waals surface area contributed by atoms with Gasteiger partial charge in [0.25, 0.3) is 5.91 Å². The number of nitrogens with one attached hydrogen (secondary N) is 1. The highest BCUT2D eigenvalue weighted by Gasteiger charge is 2.29. The van der Waals surface area contributed by atoms with E-state index in [1.54, 1.807) is 24.3 Å². The van der Waals surface area contributed by atoms with Crippen LogP contribution in [0.4, 0.5) is 5.69 Å². The molecule has 0 aliphatic carbocycles. The summed E-state index contributed by atoms with van der Waals surface area (Å²) in [6.07, 6.45) is 5.83. The lowest BCUT2D eigenvalue weighted by Gasteiger charge is -2.35. The normalized spacial score (nSPS) is 21.3. The molecule has 2 atom stereocenters. The number of piperidine rings is 1. The number of aromatic nitrogens is 2. The molecule has 10 heteroatoms. The first-order valence-electron chi connectivity index (χ1n) is 9.00. The van der Waals surface area contributed by atoms with E-state index in [0.29, 0.717) is 35.7 Å². The second-order valence-corrected chi connectivity index (χ2v) is 7.48. The molecule has 1 unspecified atom stereocenters. The maximum Gasteiger partial charge on any atom is 0.255 e. The number of anilines is 1. The summed E-state index contributed by atoms with van der Waals surface area (Å²) in [6, 6.07) is 6.96. The minimum Gasteiger partial charge on any atom is -0.491 e. The number of nitrogens with zero attached hydrogens (tertiary/aromatic N) is 4. The van der Waals surface area contributed by atoms with Crippen LogP contribution in [0.5, 0.6) is 5.75 Å². The number of carbonyl (C=O) groups is 1. The van der Waals surface area contributed by atoms with Crippen molar-refractivity contribution in [3.8, 4) is 5.75 Å². The first-order valence-corrected chi connectivity index (χ1v) is 10.1. The second-order valence-electron chi connectivity index (χ2n) is 6.60. The van der Waals surface area contributed by atoms with Crippen LogP contribution in [0, 0.1) is 0 Å². The number of nitrogens with two attached hydrogens (primary N) is 1. The van der Waals surface area contributed by atoms with Crippen molar-refractivity contribution in [1.82, 2.24) is 15.1 Å². The maximum atomic E-state index is 12.9. The third kappa shape index (κ3) is 3.68. The van der Waals surface area contributed by atoms with Crippen LogP contribution in [0.3, 0.4) is 0 Å². The molecule has 2 aromatic rings. The number of benzene rings is 1. The summed E-state index contributed by atoms with van der Waals surface area (Å²) < 4.78 is 24.3. The number of fused-ring (bicyclic) bond motifs is 1. The van der Waals surface area contributed by atoms with Gasteiger partial charge in [-0.05, 0) is 37.5 Å². The minimum atomic E-state index is -1.59. The first kappa shape index (κ1) is 18.4. The van der Waals surface area contributed by atoms with Crippen molar-refractivity contribution in [3.05, 3.63) is 47.8 Å². The Morgan fingerprint density at radius 2 is 2.21 bits per heavy atom. The van der Waals surface area contributed by atoms with Gasteiger partial charge in [0.1, 0.15) is 18.2 Å². The molecule has 3 heterocycles. The lowest BCUT2D eigenvalue weighted by Crippen LogP contribution is -2.46. The highest BCUT2D eigenvalue weighted by Crippen LogP contribution is 2.30. The van der Waals surface area contributed by atoms with Gasteiger partial charge in [0.15, 0.2) is 0 Å². The summed E-state index contributed by atoms with van der Waals surface area (Å²) in [7, 11) is 0. The number of amidine groups is 1. The highest BCUT2D eigenvalue weighted by atomic mass is 32.2. The van der Waals surface area contributed by atoms with Crippen LogP contribution < -0.4 is 15.2 Å². The standard InChI is InChI=1S/C18H20N6O3S/c19-17-16-14(22-28(26)23-17)5-3-6-15(16)27-11-13-4-1-2-9-24(13)18(25)12-7-8-20-21-10-12/h3,5-8,10,13,22H,1-2,4,9,11H2,(H2,19,23)/t13-,28?/m1/s1. The van der Waals surface area contributed by atoms with Crippen molar-refractivity contribution >= 4 is 28.6 Å². The molecule has 3 N–H and O–H groups in total. The second kappa shape index (κ2) is 7.93. The Morgan fingerprint density at radius 3 is 3.04 bits per heavy atom. The van der Waals surface area contributed by atoms with Gasteiger partial charge in [0.05, 0.1) is 35.2 Å². The SMILES string of the molecule is NC1=NS(=O)Nc2cccc(OC[C@H]3CCCCN3C(=O)c3ccnnc3)c21. The molecule has 1 aromatic carbocycles. The lowest BCUT2D eigenvalue weighted by atomic mass is 10.0. The monoisotopic (exact) mass is 400 g/mol. The van der Waals surface area contributed by atoms with Gasteiger partial charge < -0.3 is 15.4 Å². The molecule has 28 heavy (non-hydrogen) atoms. The zero-order valence-corrected chi connectivity index (χ0v) is 15.9. The minimum absolute atomic E-state index is 0.0610. The zero-order chi connectivity index (χ0) is 19.5. The van der Waals surface area contributed by atoms with E-state index < -0.39 is 11.2 Å². The zero-order valence-electron chi connectivity index (χ0n) is 15.1. The molecule has 1 aromatic heterocycles. The van der Waals surface area contributed by atoms with Crippen LogP contribution in [-0.2, 0) is 11.2 Å². The lowest BCUT2D eigenvalue weighted by molar-refractivity contribution is 0.0527. The molecule has 0 saturated carbocycles. The fourth-order valence-electron chi connectivity index (χ4n) is 3.46. The van der Waals surface area contributed by atoms with Crippen LogP contribution in [0.1, 0.15) is 35.2 Å². The fourth-order valence-corrected chi connectivity index (χ4v) is 4.14. The van der Waals surface area contributed by atoms with Crippen LogP contribution in [0.2, 0.25) is 0 Å². The molecule has 1 fully saturated rings. The molecule has 2 aliphatic rings. The summed E-state index contributed by atoms with van der Waals surface area (Å²) in [6.45, 7) is 1.00. The predicted molar refractivity (Wildman–Crippen MR) is 105 cm³/mol. The Hall–Kier alpha value is -3.01. The topological polar surface area (TPSA) is 123 Å². The molecule has 146 valence electrons. The quantitative estimate of drug-likeness (QED) is 0.796. The molecule has 1 saturated heterocycles. The van der Waals surface area contributed by atoms with Crippen molar-refractivity contribution in [2.45, 2.75) is 25.3 Å². The van der Waals surface area contributed by atoms with Crippen LogP contribution in [0.15, 0.2) is 41.1 Å². The van der Waals surface area contributed by atoms with Crippen LogP contribution in [-0.4, -0.2) is 50.2 Å². The Labute approximate surface area is 164 Å². The smallest absolute Gasteiger partial charge is 0.255 e. The Bertz CT molecular complexity index is 936. The molecule has 2 aliphatic heterocycles. The third-order valence-corrected chi connectivity index (χ3v) is 5.57. The molecule has 0 radical (unpaired) electrons. The third-order valence-electron chi connectivity index (χ3n) is 4.81. The first-order chi connectivity index (χ1) is 13.6. The van der Waals surface area contributed by atoms with Gasteiger partial charge >= 0.3 is 0 Å². The van der Waals surface area contributed by atoms with E-state index in [1.807, 2.05) is 4.90 Å². The number of rotatable bonds is 4. The van der Waals surface area contributed by atoms with Crippen molar-refractivity contribution in [2.24, 2.45) is 10.1 Å². The molecule has 0 bridgehead atoms. The average Bonchev–Trinajstić information content (AvgIpc) is 2.72. The van der Waals surface area contributed by atoms with Crippen molar-refractivity contribution in [2.75, 3.05) is 17.9 Å². The number of hydrogen-bond donors (Lipinski definition) is 2. The average molecular weight is 400 g/mol. The Morgan fingerprint density at radius 1 is 1.32 bits per heavy atom. The van der Waals surface area contributed by atoms with Gasteiger partial charge in [-0.15, -0.1) is 0 Å². The number of ether oxygens (including phenoxy) is 1. The largest absolute Gasteiger partial charge is 0.491 e. The van der Waals surface area contributed by atoms with Gasteiger partial charge in [0.2, 0.25) is 11.2 Å². The van der Waals surface area contributed by atoms with Crippen LogP contribution in [0.25, 0.3) is 0 Å². The van der Waals surface area contributed by atoms with Gasteiger partial charge in [0, 0.05) is 6.54 Å². The summed E-state index contributed by atoms with van der Waals surface area (Å²) in [5, 5.41) is 7.52. The molecule has 0 spiro atoms. The Balaban J connectivity index is 1.52. The van der Waals surface area contributed by atoms with Crippen LogP contribution >= 0.6 is 0 Å². The molecule has 1 amide bonds. The van der Waals surface area contributed by atoms with E-state index in [2.05, 4.69) is 19.3 Å². The number of amides is 1. The van der Waals surface area contributed by atoms with E-state index in [0.717, 1.165) is 19.3 Å². The van der Waals surface area contributed by atoms with Gasteiger partial charge in [-0.25, -0.2) is 4.21 Å². The van der Waals surface area contributed by atoms with E-state index in [9.17, 15) is 9.00 Å². The number of carbonyl (C=O) groups excluding carboxylic acids is 1. The molecule has 4 rings (SSSR count). The molecular formula is C18H20N6O3S. The maximum absolute atomic E-state index is 12.9. The van der Waals surface area contributed by atoms with Crippen molar-refractivity contribution < 1.29 is 13.7 Å². The predicted octanol–water partition coefficient (Wildman–Crippen LogP) is 1.26. The van der Waals surface area contributed by atoms with Gasteiger partial charge in [-0.1, -0.05) is 6.07 Å². The fraction of sp³-hybridized carbons (Fsp3) is 0.333. The highest BCUT2D eigenvalue weighted by molar-refractivity contribution is 7.85. The molecular weight excluding hydrogens is 380 g/mol. The van der Waals surface area contributed by atoms with E-state index in [-0.39, 0.29) is 17.8 Å². The van der Waals surface area contributed by atoms with Gasteiger partial charge in [-0.3, -0.25) is 9.52 Å². The Kier molecular flexibility index (Phi) is 5.20. The van der Waals surface area contributed by atoms with E-state index in [1.165, 1.54) is 12.4 Å². The number of hydrogen-bond acceptors (Lipinski definition) is 6. The number of likely N-dealkylation sites (tertiary alicyclic amines) is 1. The van der Waals surface area contributed by atoms with Crippen molar-refractivity contribution in [1.29, 1.82) is 0 Å². The molecule has 9 nitrogen and oxygen atoms in total. The summed E-state index contributed by atoms with van der Waals surface area (Å²) >= 11 is -1.59.